The molecule has 46 heteroatoms. The zero-order valence-electron chi connectivity index (χ0n) is 75.4. The van der Waals surface area contributed by atoms with E-state index in [1.54, 1.807) is 60.9 Å². The number of nitrogens with zero attached hydrogens (tertiary/aromatic N) is 6. The second-order valence-corrected chi connectivity index (χ2v) is 34.5. The van der Waals surface area contributed by atoms with E-state index in [0.29, 0.717) is 64.2 Å². The molecule has 9 rings (SSSR count). The number of aromatic amines is 3. The quantitative estimate of drug-likeness (QED) is 0.0146. The number of guanidine groups is 1. The van der Waals surface area contributed by atoms with Crippen LogP contribution in [0, 0.1) is 5.41 Å². The van der Waals surface area contributed by atoms with Gasteiger partial charge in [0.1, 0.15) is 90.3 Å². The van der Waals surface area contributed by atoms with Gasteiger partial charge < -0.3 is 136 Å². The fourth-order valence-corrected chi connectivity index (χ4v) is 17.1. The van der Waals surface area contributed by atoms with Crippen LogP contribution in [0.25, 0.3) is 21.8 Å². The Morgan fingerprint density at radius 2 is 1.10 bits per heavy atom. The van der Waals surface area contributed by atoms with Gasteiger partial charge in [-0.25, -0.2) is 4.98 Å². The Labute approximate surface area is 775 Å². The summed E-state index contributed by atoms with van der Waals surface area (Å²) in [6, 6.07) is -3.22. The van der Waals surface area contributed by atoms with Crippen LogP contribution in [0.15, 0.2) is 97.7 Å². The Balaban J connectivity index is 1.09. The number of amides is 16. The maximum Gasteiger partial charge on any atom is 0.305 e. The van der Waals surface area contributed by atoms with Gasteiger partial charge in [-0.05, 0) is 86.4 Å². The predicted octanol–water partition coefficient (Wildman–Crippen LogP) is -4.42. The number of aliphatic hydroxyl groups is 2. The van der Waals surface area contributed by atoms with Gasteiger partial charge in [-0.2, -0.15) is 0 Å². The Hall–Kier alpha value is -13.8. The van der Waals surface area contributed by atoms with E-state index in [0.717, 1.165) is 36.3 Å². The Morgan fingerprint density at radius 3 is 1.69 bits per heavy atom. The number of thioether (sulfide) groups is 1. The lowest BCUT2D eigenvalue weighted by atomic mass is 10.00. The van der Waals surface area contributed by atoms with E-state index >= 15 is 33.6 Å². The number of hydrogen-bond donors (Lipinski definition) is 22. The highest BCUT2D eigenvalue weighted by molar-refractivity contribution is 8.00. The van der Waals surface area contributed by atoms with Gasteiger partial charge in [-0.15, -0.1) is 11.8 Å². The van der Waals surface area contributed by atoms with Crippen molar-refractivity contribution in [3.8, 4) is 5.75 Å². The predicted molar refractivity (Wildman–Crippen MR) is 488 cm³/mol. The maximum absolute atomic E-state index is 15.7. The number of likely N-dealkylation sites (N-methyl/N-ethyl adjacent to an activating group) is 3. The highest BCUT2D eigenvalue weighted by atomic mass is 32.2. The van der Waals surface area contributed by atoms with E-state index in [1.807, 2.05) is 13.8 Å². The van der Waals surface area contributed by atoms with Crippen molar-refractivity contribution in [2.24, 2.45) is 17.2 Å². The molecule has 726 valence electrons. The van der Waals surface area contributed by atoms with Gasteiger partial charge in [0.25, 0.3) is 0 Å². The number of nitrogens with one attached hydrogen (secondary N) is 15. The summed E-state index contributed by atoms with van der Waals surface area (Å²) in [4.78, 5) is 267. The summed E-state index contributed by atoms with van der Waals surface area (Å²) in [6.07, 6.45) is 2.77. The number of aliphatic hydroxyl groups excluding tert-OH is 2. The van der Waals surface area contributed by atoms with Crippen molar-refractivity contribution in [1.29, 1.82) is 5.41 Å². The molecule has 0 spiro atoms. The molecule has 3 aliphatic rings. The molecule has 16 amide bonds. The molecule has 3 fully saturated rings. The standard InChI is InChI=1S/C88H122N24O21S/c1-7-9-22-67-80(126)100-58(21-15-29-94-88(91)92)76(122)107-66(75(121)97-41-71(90)116)44-134-45-72(117)99-61(31-48-25-27-52(114)28-26-48)83(129)108(4)47(3)74(120)105-64(37-89)86(132)111-30-16-24-68(111)81(127)102-60(34-51-40-93-46-98-51)78(124)104-63(36-73(118)119)85(131)112-42-53(115)35-70(112)82(128)101-59(32-49-38-95-56-19-13-11-17-54(49)56)77(123)106-65(43-113)79(125)103-62(33-50-39-96-57-20-14-12-18-55(50)57)84(130)110(6)69(23-10-8-2)87(133)109(67)5/h11-14,17-20,25-28,38-40,46-47,53,58-70,95-96,113-115H,7-10,15-16,21-24,29-37,41-45,89H2,1-6H3,(H2,90,116)(H,93,98)(H,97,121)(H,99,117)(H,100,126)(H,101,128)(H,102,127)(H,103,125)(H,104,124)(H,105,120)(H,106,123)(H,107,122)(H,118,119)(H4,91,92,94)/t47-,53+,58-,59-,60-,61-,62-,63-,64-,65-,66-,67-,68-,69-,70-/m0/s1. The summed E-state index contributed by atoms with van der Waals surface area (Å²) in [5.41, 5.74) is 19.9. The van der Waals surface area contributed by atoms with E-state index < -0.39 is 254 Å². The number of carbonyl (C=O) groups is 17. The van der Waals surface area contributed by atoms with E-state index in [-0.39, 0.29) is 82.3 Å². The fourth-order valence-electron chi connectivity index (χ4n) is 16.3. The molecule has 0 bridgehead atoms. The molecular weight excluding hydrogens is 1760 g/mol. The monoisotopic (exact) mass is 1880 g/mol. The second-order valence-electron chi connectivity index (χ2n) is 33.5. The van der Waals surface area contributed by atoms with Crippen LogP contribution in [0.5, 0.6) is 5.75 Å². The molecule has 15 atom stereocenters. The normalized spacial score (nSPS) is 24.8. The summed E-state index contributed by atoms with van der Waals surface area (Å²) < 4.78 is 0. The summed E-state index contributed by atoms with van der Waals surface area (Å²) in [6.45, 7) is 1.76. The highest BCUT2D eigenvalue weighted by Gasteiger charge is 2.47. The van der Waals surface area contributed by atoms with Gasteiger partial charge in [0, 0.05) is 126 Å². The number of aromatic nitrogens is 4. The third-order valence-electron chi connectivity index (χ3n) is 23.8. The van der Waals surface area contributed by atoms with Gasteiger partial charge in [0.05, 0.1) is 43.5 Å². The number of phenols is 1. The number of unbranched alkanes of at least 4 members (excludes halogenated alkanes) is 2. The highest BCUT2D eigenvalue weighted by Crippen LogP contribution is 2.28. The number of aromatic hydroxyl groups is 1. The molecule has 3 aromatic carbocycles. The number of para-hydroxylation sites is 2. The summed E-state index contributed by atoms with van der Waals surface area (Å²) in [7, 11) is 3.89. The Bertz CT molecular complexity index is 5190. The molecule has 3 aromatic heterocycles. The maximum atomic E-state index is 15.7. The van der Waals surface area contributed by atoms with Crippen molar-refractivity contribution in [2.75, 3.05) is 72.0 Å². The summed E-state index contributed by atoms with van der Waals surface area (Å²) in [5.74, 6) is -18.9. The Kier molecular flexibility index (Phi) is 38.5. The average Bonchev–Trinajstić information content (AvgIpc) is 1.61. The minimum absolute atomic E-state index is 0.0164. The molecular formula is C88H122N24O21S. The first kappa shape index (κ1) is 104. The molecule has 45 nitrogen and oxygen atoms in total. The van der Waals surface area contributed by atoms with Gasteiger partial charge >= 0.3 is 5.97 Å². The number of primary amides is 1. The number of carboxylic acid groups (broad SMARTS) is 1. The lowest BCUT2D eigenvalue weighted by Crippen LogP contribution is -2.62. The number of carbonyl (C=O) groups excluding carboxylic acids is 16. The zero-order chi connectivity index (χ0) is 97.7. The summed E-state index contributed by atoms with van der Waals surface area (Å²) in [5, 5.41) is 80.6. The molecule has 6 heterocycles. The van der Waals surface area contributed by atoms with E-state index in [9.17, 15) is 68.4 Å². The molecule has 3 saturated heterocycles. The third-order valence-corrected chi connectivity index (χ3v) is 24.8. The number of nitrogens with two attached hydrogens (primary N) is 3. The number of hydrogen-bond acceptors (Lipinski definition) is 24. The van der Waals surface area contributed by atoms with Gasteiger partial charge in [0.15, 0.2) is 5.96 Å². The fraction of sp³-hybridized carbons (Fsp3) is 0.511. The number of imidazole rings is 1. The second kappa shape index (κ2) is 49.6. The molecule has 0 saturated carbocycles. The lowest BCUT2D eigenvalue weighted by molar-refractivity contribution is -0.149. The smallest absolute Gasteiger partial charge is 0.305 e. The number of fused-ring (bicyclic) bond motifs is 4. The van der Waals surface area contributed by atoms with Gasteiger partial charge in [-0.1, -0.05) is 88.1 Å². The van der Waals surface area contributed by atoms with Crippen LogP contribution in [0.3, 0.4) is 0 Å². The number of H-pyrrole nitrogens is 3. The van der Waals surface area contributed by atoms with Crippen LogP contribution in [-0.2, 0) is 107 Å². The number of rotatable bonds is 25. The largest absolute Gasteiger partial charge is 0.508 e. The zero-order valence-corrected chi connectivity index (χ0v) is 76.2. The molecule has 0 radical (unpaired) electrons. The minimum atomic E-state index is -2.06. The van der Waals surface area contributed by atoms with E-state index in [2.05, 4.69) is 78.4 Å². The number of phenolic OH excluding ortho intramolecular Hbond substituents is 1. The van der Waals surface area contributed by atoms with Crippen molar-refractivity contribution < 1.29 is 102 Å². The van der Waals surface area contributed by atoms with Crippen molar-refractivity contribution in [3.05, 3.63) is 120 Å². The van der Waals surface area contributed by atoms with Crippen LogP contribution < -0.4 is 75.7 Å². The van der Waals surface area contributed by atoms with Crippen LogP contribution in [0.4, 0.5) is 0 Å². The van der Waals surface area contributed by atoms with E-state index in [4.69, 9.17) is 22.6 Å². The van der Waals surface area contributed by atoms with Crippen molar-refractivity contribution in [1.82, 2.24) is 103 Å². The SMILES string of the molecule is CCCC[C@H]1C(=O)N(C)[C@@H](CCCC)C(=O)N[C@@H](CCCNC(=N)N)C(=O)N[C@H](C(=O)NCC(N)=O)CSCC(=O)N[C@@H](Cc2ccc(O)cc2)C(=O)N(C)[C@@H](C)C(=O)N[C@@H](CN)C(=O)N2CCC[C@H]2C(=O)N[C@@H](Cc2c[nH]cn2)C(=O)N[C@@H](CC(=O)O)C(=O)N2C[C@H](O)C[C@H]2C(=O)N[C@@H](Cc2c[nH]c3ccccc23)C(=O)N[C@@H](CO)C(=O)N[C@@H](Cc2c[nH]c3ccccc23)C(=O)N1C. The van der Waals surface area contributed by atoms with Crippen LogP contribution in [0.1, 0.15) is 120 Å². The van der Waals surface area contributed by atoms with Crippen molar-refractivity contribution in [2.45, 2.75) is 214 Å². The first-order chi connectivity index (χ1) is 63.9. The molecule has 25 N–H and O–H groups in total. The third kappa shape index (κ3) is 28.4. The minimum Gasteiger partial charge on any atom is -0.508 e. The molecule has 134 heavy (non-hydrogen) atoms. The van der Waals surface area contributed by atoms with Crippen LogP contribution in [0.2, 0.25) is 0 Å². The number of aliphatic carboxylic acids is 1. The lowest BCUT2D eigenvalue weighted by Gasteiger charge is -2.36. The molecule has 0 unspecified atom stereocenters. The average molecular weight is 1880 g/mol. The molecule has 3 aliphatic heterocycles. The topological polar surface area (TPSA) is 682 Å². The van der Waals surface area contributed by atoms with E-state index in [1.165, 1.54) is 64.9 Å². The first-order valence-corrected chi connectivity index (χ1v) is 45.5. The summed E-state index contributed by atoms with van der Waals surface area (Å²) >= 11 is 0.766. The van der Waals surface area contributed by atoms with Gasteiger partial charge in [-0.3, -0.25) is 86.9 Å². The van der Waals surface area contributed by atoms with Crippen molar-refractivity contribution >= 4 is 140 Å². The Morgan fingerprint density at radius 1 is 0.560 bits per heavy atom. The van der Waals surface area contributed by atoms with Crippen molar-refractivity contribution in [3.63, 3.8) is 0 Å². The first-order valence-electron chi connectivity index (χ1n) is 44.4. The van der Waals surface area contributed by atoms with Gasteiger partial charge in [0.2, 0.25) is 94.5 Å². The molecule has 6 aromatic rings. The van der Waals surface area contributed by atoms with Crippen LogP contribution >= 0.6 is 11.8 Å². The van der Waals surface area contributed by atoms with Crippen LogP contribution in [-0.4, -0.2) is 334 Å². The number of benzene rings is 3. The molecule has 0 aliphatic carbocycles. The number of carboxylic acids is 1.